The van der Waals surface area contributed by atoms with E-state index in [1.807, 2.05) is 0 Å². The van der Waals surface area contributed by atoms with Crippen LogP contribution in [0.25, 0.3) is 0 Å². The van der Waals surface area contributed by atoms with Crippen molar-refractivity contribution in [1.29, 1.82) is 0 Å². The summed E-state index contributed by atoms with van der Waals surface area (Å²) in [5, 5.41) is 3.21. The number of nitrogens with zero attached hydrogens (tertiary/aromatic N) is 1. The van der Waals surface area contributed by atoms with Gasteiger partial charge in [-0.3, -0.25) is 9.69 Å². The first-order chi connectivity index (χ1) is 11.6. The molecule has 1 amide bonds. The van der Waals surface area contributed by atoms with Crippen LogP contribution in [0.2, 0.25) is 0 Å². The summed E-state index contributed by atoms with van der Waals surface area (Å²) < 4.78 is 18.8. The Morgan fingerprint density at radius 2 is 2.04 bits per heavy atom. The molecule has 1 N–H and O–H groups in total. The summed E-state index contributed by atoms with van der Waals surface area (Å²) in [6, 6.07) is 6.74. The molecule has 1 aliphatic heterocycles. The van der Waals surface area contributed by atoms with Crippen molar-refractivity contribution in [2.45, 2.75) is 44.8 Å². The highest BCUT2D eigenvalue weighted by Crippen LogP contribution is 2.24. The van der Waals surface area contributed by atoms with Gasteiger partial charge in [-0.05, 0) is 36.5 Å². The van der Waals surface area contributed by atoms with Crippen LogP contribution in [-0.4, -0.2) is 43.1 Å². The number of carbonyl (C=O) groups excluding carboxylic acids is 1. The van der Waals surface area contributed by atoms with E-state index in [1.165, 1.54) is 31.4 Å². The molecule has 2 fully saturated rings. The molecule has 0 radical (unpaired) electrons. The number of benzene rings is 1. The fraction of sp³-hybridized carbons (Fsp3) is 0.632. The largest absolute Gasteiger partial charge is 0.371 e. The van der Waals surface area contributed by atoms with Gasteiger partial charge in [0, 0.05) is 19.1 Å². The van der Waals surface area contributed by atoms with E-state index >= 15 is 0 Å². The van der Waals surface area contributed by atoms with Crippen molar-refractivity contribution in [2.75, 3.05) is 26.2 Å². The van der Waals surface area contributed by atoms with E-state index in [0.717, 1.165) is 18.5 Å². The molecule has 1 aliphatic carbocycles. The quantitative estimate of drug-likeness (QED) is 0.920. The highest BCUT2D eigenvalue weighted by Gasteiger charge is 2.26. The number of hydrogen-bond donors (Lipinski definition) is 1. The van der Waals surface area contributed by atoms with Gasteiger partial charge in [-0.1, -0.05) is 31.9 Å². The fourth-order valence-corrected chi connectivity index (χ4v) is 3.71. The first-order valence-corrected chi connectivity index (χ1v) is 9.00. The topological polar surface area (TPSA) is 41.6 Å². The van der Waals surface area contributed by atoms with Gasteiger partial charge in [0.2, 0.25) is 5.91 Å². The summed E-state index contributed by atoms with van der Waals surface area (Å²) in [6.45, 7) is 4.65. The van der Waals surface area contributed by atoms with Gasteiger partial charge in [-0.25, -0.2) is 4.39 Å². The highest BCUT2D eigenvalue weighted by atomic mass is 19.1. The number of rotatable bonds is 4. The van der Waals surface area contributed by atoms with E-state index in [-0.39, 0.29) is 17.8 Å². The Bertz CT molecular complexity index is 549. The summed E-state index contributed by atoms with van der Waals surface area (Å²) in [4.78, 5) is 14.5. The van der Waals surface area contributed by atoms with E-state index < -0.39 is 0 Å². The normalized spacial score (nSPS) is 28.5. The first-order valence-electron chi connectivity index (χ1n) is 9.00. The minimum absolute atomic E-state index is 0.0965. The van der Waals surface area contributed by atoms with Crippen LogP contribution in [0.5, 0.6) is 0 Å². The average molecular weight is 334 g/mol. The molecule has 4 nitrogen and oxygen atoms in total. The second-order valence-corrected chi connectivity index (χ2v) is 7.08. The van der Waals surface area contributed by atoms with Crippen LogP contribution >= 0.6 is 0 Å². The number of carbonyl (C=O) groups is 1. The third kappa shape index (κ3) is 4.54. The molecule has 0 aromatic heterocycles. The van der Waals surface area contributed by atoms with Gasteiger partial charge in [0.05, 0.1) is 19.3 Å². The molecule has 3 rings (SSSR count). The van der Waals surface area contributed by atoms with Crippen LogP contribution in [0.4, 0.5) is 4.39 Å². The minimum atomic E-state index is -0.243. The van der Waals surface area contributed by atoms with Gasteiger partial charge in [-0.15, -0.1) is 0 Å². The van der Waals surface area contributed by atoms with Crippen LogP contribution in [0.3, 0.4) is 0 Å². The van der Waals surface area contributed by atoms with E-state index in [2.05, 4.69) is 17.1 Å². The van der Waals surface area contributed by atoms with E-state index in [4.69, 9.17) is 4.74 Å². The maximum atomic E-state index is 13.1. The van der Waals surface area contributed by atoms with Crippen molar-refractivity contribution in [3.05, 3.63) is 35.6 Å². The number of amides is 1. The molecule has 132 valence electrons. The van der Waals surface area contributed by atoms with Crippen molar-refractivity contribution in [3.8, 4) is 0 Å². The number of ether oxygens (including phenoxy) is 1. The molecule has 0 spiro atoms. The molecule has 1 saturated carbocycles. The van der Waals surface area contributed by atoms with E-state index in [0.29, 0.717) is 31.7 Å². The molecule has 1 aromatic rings. The summed E-state index contributed by atoms with van der Waals surface area (Å²) in [5.74, 6) is 0.431. The Hall–Kier alpha value is -1.46. The molecule has 24 heavy (non-hydrogen) atoms. The van der Waals surface area contributed by atoms with Gasteiger partial charge in [0.15, 0.2) is 0 Å². The molecular weight excluding hydrogens is 307 g/mol. The Labute approximate surface area is 143 Å². The SMILES string of the molecule is C[C@@H]1CCCC[C@@H]1NC(=O)CN1CCO[C@@H](c2ccc(F)cc2)C1. The van der Waals surface area contributed by atoms with Crippen LogP contribution in [-0.2, 0) is 9.53 Å². The smallest absolute Gasteiger partial charge is 0.234 e. The molecule has 3 atom stereocenters. The van der Waals surface area contributed by atoms with Gasteiger partial charge >= 0.3 is 0 Å². The number of halogens is 1. The molecule has 5 heteroatoms. The Morgan fingerprint density at radius 3 is 2.79 bits per heavy atom. The lowest BCUT2D eigenvalue weighted by atomic mass is 9.86. The number of nitrogens with one attached hydrogen (secondary N) is 1. The third-order valence-electron chi connectivity index (χ3n) is 5.22. The van der Waals surface area contributed by atoms with Crippen LogP contribution < -0.4 is 5.32 Å². The zero-order valence-electron chi connectivity index (χ0n) is 14.3. The van der Waals surface area contributed by atoms with Crippen molar-refractivity contribution in [3.63, 3.8) is 0 Å². The van der Waals surface area contributed by atoms with Gasteiger partial charge in [-0.2, -0.15) is 0 Å². The lowest BCUT2D eigenvalue weighted by Gasteiger charge is -2.34. The van der Waals surface area contributed by atoms with Crippen LogP contribution in [0, 0.1) is 11.7 Å². The fourth-order valence-electron chi connectivity index (χ4n) is 3.71. The lowest BCUT2D eigenvalue weighted by Crippen LogP contribution is -2.48. The third-order valence-corrected chi connectivity index (χ3v) is 5.22. The summed E-state index contributed by atoms with van der Waals surface area (Å²) in [5.41, 5.74) is 0.961. The average Bonchev–Trinajstić information content (AvgIpc) is 2.58. The molecule has 1 aromatic carbocycles. The molecule has 1 heterocycles. The van der Waals surface area contributed by atoms with Gasteiger partial charge in [0.1, 0.15) is 5.82 Å². The highest BCUT2D eigenvalue weighted by molar-refractivity contribution is 5.78. The molecule has 1 saturated heterocycles. The predicted molar refractivity (Wildman–Crippen MR) is 91.1 cm³/mol. The number of morpholine rings is 1. The Morgan fingerprint density at radius 1 is 1.29 bits per heavy atom. The minimum Gasteiger partial charge on any atom is -0.371 e. The standard InChI is InChI=1S/C19H27FN2O2/c1-14-4-2-3-5-17(14)21-19(23)13-22-10-11-24-18(12-22)15-6-8-16(20)9-7-15/h6-9,14,17-18H,2-5,10-13H2,1H3,(H,21,23)/t14-,17+,18-/m1/s1. The van der Waals surface area contributed by atoms with E-state index in [1.54, 1.807) is 12.1 Å². The molecule has 0 bridgehead atoms. The molecule has 0 unspecified atom stereocenters. The molecular formula is C19H27FN2O2. The lowest BCUT2D eigenvalue weighted by molar-refractivity contribution is -0.125. The van der Waals surface area contributed by atoms with Gasteiger partial charge in [0.25, 0.3) is 0 Å². The monoisotopic (exact) mass is 334 g/mol. The van der Waals surface area contributed by atoms with Gasteiger partial charge < -0.3 is 10.1 Å². The zero-order valence-corrected chi connectivity index (χ0v) is 14.3. The maximum Gasteiger partial charge on any atom is 0.234 e. The van der Waals surface area contributed by atoms with Crippen molar-refractivity contribution in [2.24, 2.45) is 5.92 Å². The number of hydrogen-bond acceptors (Lipinski definition) is 3. The molecule has 2 aliphatic rings. The van der Waals surface area contributed by atoms with Crippen molar-refractivity contribution in [1.82, 2.24) is 10.2 Å². The summed E-state index contributed by atoms with van der Waals surface area (Å²) >= 11 is 0. The second kappa shape index (κ2) is 8.08. The van der Waals surface area contributed by atoms with Crippen LogP contribution in [0.15, 0.2) is 24.3 Å². The van der Waals surface area contributed by atoms with Crippen LogP contribution in [0.1, 0.15) is 44.3 Å². The second-order valence-electron chi connectivity index (χ2n) is 7.08. The summed E-state index contributed by atoms with van der Waals surface area (Å²) in [6.07, 6.45) is 4.68. The van der Waals surface area contributed by atoms with Crippen molar-refractivity contribution >= 4 is 5.91 Å². The van der Waals surface area contributed by atoms with Crippen molar-refractivity contribution < 1.29 is 13.9 Å². The maximum absolute atomic E-state index is 13.1. The predicted octanol–water partition coefficient (Wildman–Crippen LogP) is 2.89. The Kier molecular flexibility index (Phi) is 5.85. The van der Waals surface area contributed by atoms with E-state index in [9.17, 15) is 9.18 Å². The first kappa shape index (κ1) is 17.4. The summed E-state index contributed by atoms with van der Waals surface area (Å²) in [7, 11) is 0. The zero-order chi connectivity index (χ0) is 16.9. The Balaban J connectivity index is 1.51.